The number of ether oxygens (including phenoxy) is 1. The third kappa shape index (κ3) is 4.16. The molecule has 8 heteroatoms. The van der Waals surface area contributed by atoms with Crippen LogP contribution in [-0.4, -0.2) is 67.1 Å². The maximum Gasteiger partial charge on any atom is 0.138 e. The van der Waals surface area contributed by atoms with Crippen LogP contribution in [0.15, 0.2) is 17.8 Å². The molecule has 0 saturated carbocycles. The Balaban J connectivity index is 2.67. The Morgan fingerprint density at radius 3 is 2.47 bits per heavy atom. The van der Waals surface area contributed by atoms with Crippen LogP contribution in [0.2, 0.25) is 0 Å². The lowest BCUT2D eigenvalue weighted by molar-refractivity contribution is -0.205. The molecule has 0 aliphatic carbocycles. The molecule has 110 valence electrons. The molecule has 7 nitrogen and oxygen atoms in total. The SMILES string of the molecule is C=CCC/C(=N\O)S[C@@H]1O[C@H](CO)[C@@H](O)[C@H](O)[C@H]1O. The first-order valence-corrected chi connectivity index (χ1v) is 6.72. The fraction of sp³-hybridized carbons (Fsp3) is 0.727. The zero-order chi connectivity index (χ0) is 14.4. The number of aliphatic hydroxyl groups excluding tert-OH is 4. The van der Waals surface area contributed by atoms with E-state index < -0.39 is 36.5 Å². The Hall–Kier alpha value is -0.640. The molecule has 0 spiro atoms. The summed E-state index contributed by atoms with van der Waals surface area (Å²) in [5.74, 6) is 0. The lowest BCUT2D eigenvalue weighted by Crippen LogP contribution is -2.57. The number of hydrogen-bond acceptors (Lipinski definition) is 8. The first-order chi connectivity index (χ1) is 9.04. The molecule has 1 fully saturated rings. The molecule has 0 aromatic carbocycles. The van der Waals surface area contributed by atoms with Gasteiger partial charge in [-0.05, 0) is 6.42 Å². The van der Waals surface area contributed by atoms with Gasteiger partial charge >= 0.3 is 0 Å². The summed E-state index contributed by atoms with van der Waals surface area (Å²) in [4.78, 5) is 0. The van der Waals surface area contributed by atoms with Crippen LogP contribution in [0.1, 0.15) is 12.8 Å². The Labute approximate surface area is 115 Å². The van der Waals surface area contributed by atoms with Crippen molar-refractivity contribution < 1.29 is 30.4 Å². The van der Waals surface area contributed by atoms with Gasteiger partial charge in [-0.3, -0.25) is 0 Å². The average Bonchev–Trinajstić information content (AvgIpc) is 2.43. The maximum absolute atomic E-state index is 9.80. The fourth-order valence-corrected chi connectivity index (χ4v) is 2.71. The average molecular weight is 293 g/mol. The van der Waals surface area contributed by atoms with Crippen molar-refractivity contribution in [2.75, 3.05) is 6.61 Å². The van der Waals surface area contributed by atoms with Gasteiger partial charge in [-0.25, -0.2) is 0 Å². The number of aliphatic hydroxyl groups is 4. The van der Waals surface area contributed by atoms with Crippen molar-refractivity contribution in [1.29, 1.82) is 0 Å². The first-order valence-electron chi connectivity index (χ1n) is 5.84. The van der Waals surface area contributed by atoms with E-state index in [0.29, 0.717) is 17.9 Å². The van der Waals surface area contributed by atoms with Gasteiger partial charge in [-0.2, -0.15) is 0 Å². The highest BCUT2D eigenvalue weighted by Gasteiger charge is 2.44. The van der Waals surface area contributed by atoms with E-state index in [4.69, 9.17) is 15.1 Å². The van der Waals surface area contributed by atoms with Gasteiger partial charge in [0.25, 0.3) is 0 Å². The van der Waals surface area contributed by atoms with Gasteiger partial charge in [0.05, 0.1) is 6.61 Å². The number of nitrogens with zero attached hydrogens (tertiary/aromatic N) is 1. The molecule has 1 aliphatic rings. The van der Waals surface area contributed by atoms with Gasteiger partial charge in [0.1, 0.15) is 34.9 Å². The van der Waals surface area contributed by atoms with Gasteiger partial charge in [0.15, 0.2) is 0 Å². The predicted octanol–water partition coefficient (Wildman–Crippen LogP) is -0.727. The zero-order valence-electron chi connectivity index (χ0n) is 10.3. The lowest BCUT2D eigenvalue weighted by atomic mass is 10.0. The minimum atomic E-state index is -1.43. The topological polar surface area (TPSA) is 123 Å². The third-order valence-electron chi connectivity index (χ3n) is 2.77. The largest absolute Gasteiger partial charge is 0.410 e. The molecule has 0 amide bonds. The van der Waals surface area contributed by atoms with Crippen molar-refractivity contribution >= 4 is 16.8 Å². The van der Waals surface area contributed by atoms with Crippen molar-refractivity contribution in [1.82, 2.24) is 0 Å². The van der Waals surface area contributed by atoms with E-state index in [-0.39, 0.29) is 0 Å². The summed E-state index contributed by atoms with van der Waals surface area (Å²) in [6.45, 7) is 3.06. The molecule has 1 aliphatic heterocycles. The molecule has 0 aromatic rings. The molecular formula is C11H19NO6S. The van der Waals surface area contributed by atoms with Crippen LogP contribution in [0.5, 0.6) is 0 Å². The summed E-state index contributed by atoms with van der Waals surface area (Å²) in [6, 6.07) is 0. The molecule has 5 atom stereocenters. The normalized spacial score (nSPS) is 36.2. The maximum atomic E-state index is 9.80. The summed E-state index contributed by atoms with van der Waals surface area (Å²) in [7, 11) is 0. The number of rotatable bonds is 5. The minimum Gasteiger partial charge on any atom is -0.410 e. The fourth-order valence-electron chi connectivity index (χ4n) is 1.66. The number of oxime groups is 1. The predicted molar refractivity (Wildman–Crippen MR) is 70.0 cm³/mol. The monoisotopic (exact) mass is 293 g/mol. The van der Waals surface area contributed by atoms with Gasteiger partial charge in [-0.1, -0.05) is 23.0 Å². The molecule has 0 bridgehead atoms. The van der Waals surface area contributed by atoms with E-state index in [0.717, 1.165) is 11.8 Å². The standard InChI is InChI=1S/C11H19NO6S/c1-2-3-4-7(12-17)19-11-10(16)9(15)8(14)6(5-13)18-11/h2,6,8-11,13-17H,1,3-5H2/b12-7+/t6-,8-,9+,10-,11+/m1/s1. The zero-order valence-corrected chi connectivity index (χ0v) is 11.1. The molecule has 0 aromatic heterocycles. The van der Waals surface area contributed by atoms with Crippen LogP contribution in [0, 0.1) is 0 Å². The van der Waals surface area contributed by atoms with Crippen molar-refractivity contribution in [3.05, 3.63) is 12.7 Å². The second-order valence-corrected chi connectivity index (χ2v) is 5.31. The van der Waals surface area contributed by atoms with Crippen LogP contribution < -0.4 is 0 Å². The molecule has 19 heavy (non-hydrogen) atoms. The molecule has 5 N–H and O–H groups in total. The summed E-state index contributed by atoms with van der Waals surface area (Å²) in [6.07, 6.45) is -2.47. The first kappa shape index (κ1) is 16.4. The Bertz CT molecular complexity index is 324. The van der Waals surface area contributed by atoms with E-state index in [1.165, 1.54) is 0 Å². The smallest absolute Gasteiger partial charge is 0.138 e. The van der Waals surface area contributed by atoms with Gasteiger partial charge in [0, 0.05) is 6.42 Å². The van der Waals surface area contributed by atoms with Gasteiger partial charge < -0.3 is 30.4 Å². The van der Waals surface area contributed by atoms with Crippen LogP contribution in [0.4, 0.5) is 0 Å². The highest BCUT2D eigenvalue weighted by Crippen LogP contribution is 2.30. The van der Waals surface area contributed by atoms with Crippen molar-refractivity contribution in [3.8, 4) is 0 Å². The van der Waals surface area contributed by atoms with E-state index in [1.54, 1.807) is 6.08 Å². The van der Waals surface area contributed by atoms with Crippen LogP contribution in [0.25, 0.3) is 0 Å². The Morgan fingerprint density at radius 2 is 1.95 bits per heavy atom. The second kappa shape index (κ2) is 7.83. The summed E-state index contributed by atoms with van der Waals surface area (Å²) < 4.78 is 5.28. The molecule has 1 rings (SSSR count). The summed E-state index contributed by atoms with van der Waals surface area (Å²) in [5.41, 5.74) is -0.925. The van der Waals surface area contributed by atoms with Crippen LogP contribution >= 0.6 is 11.8 Å². The summed E-state index contributed by atoms with van der Waals surface area (Å²) in [5, 5.41) is 50.3. The van der Waals surface area contributed by atoms with E-state index >= 15 is 0 Å². The van der Waals surface area contributed by atoms with Crippen LogP contribution in [-0.2, 0) is 4.74 Å². The second-order valence-electron chi connectivity index (χ2n) is 4.14. The van der Waals surface area contributed by atoms with Gasteiger partial charge in [-0.15, -0.1) is 6.58 Å². The molecule has 1 heterocycles. The molecule has 1 saturated heterocycles. The van der Waals surface area contributed by atoms with Crippen molar-refractivity contribution in [3.63, 3.8) is 0 Å². The Morgan fingerprint density at radius 1 is 1.26 bits per heavy atom. The van der Waals surface area contributed by atoms with E-state index in [2.05, 4.69) is 11.7 Å². The summed E-state index contributed by atoms with van der Waals surface area (Å²) >= 11 is 0.936. The molecule has 0 unspecified atom stereocenters. The number of thioether (sulfide) groups is 1. The highest BCUT2D eigenvalue weighted by atomic mass is 32.2. The number of allylic oxidation sites excluding steroid dienone is 1. The quantitative estimate of drug-likeness (QED) is 0.149. The Kier molecular flexibility index (Phi) is 6.76. The minimum absolute atomic E-state index is 0.309. The highest BCUT2D eigenvalue weighted by molar-refractivity contribution is 8.14. The lowest BCUT2D eigenvalue weighted by Gasteiger charge is -2.39. The van der Waals surface area contributed by atoms with Crippen LogP contribution in [0.3, 0.4) is 0 Å². The van der Waals surface area contributed by atoms with Crippen molar-refractivity contribution in [2.45, 2.75) is 42.7 Å². The van der Waals surface area contributed by atoms with E-state index in [9.17, 15) is 15.3 Å². The number of hydrogen-bond donors (Lipinski definition) is 5. The molecular weight excluding hydrogens is 274 g/mol. The van der Waals surface area contributed by atoms with E-state index in [1.807, 2.05) is 0 Å². The van der Waals surface area contributed by atoms with Gasteiger partial charge in [0.2, 0.25) is 0 Å². The third-order valence-corrected chi connectivity index (χ3v) is 3.95. The van der Waals surface area contributed by atoms with Crippen molar-refractivity contribution in [2.24, 2.45) is 5.16 Å². The molecule has 0 radical (unpaired) electrons.